The molecule has 1 aromatic carbocycles. The Morgan fingerprint density at radius 1 is 1.29 bits per heavy atom. The van der Waals surface area contributed by atoms with Crippen molar-refractivity contribution in [2.45, 2.75) is 19.3 Å². The zero-order valence-electron chi connectivity index (χ0n) is 11.1. The van der Waals surface area contributed by atoms with E-state index in [1.54, 1.807) is 23.5 Å². The molecule has 1 heterocycles. The van der Waals surface area contributed by atoms with Crippen molar-refractivity contribution in [1.29, 1.82) is 0 Å². The Hall–Kier alpha value is -1.05. The maximum atomic E-state index is 12.3. The van der Waals surface area contributed by atoms with Gasteiger partial charge in [-0.2, -0.15) is 0 Å². The third-order valence-corrected chi connectivity index (χ3v) is 4.40. The van der Waals surface area contributed by atoms with Gasteiger partial charge in [-0.05, 0) is 52.3 Å². The van der Waals surface area contributed by atoms with E-state index in [4.69, 9.17) is 0 Å². The Bertz CT molecular complexity index is 600. The zero-order valence-corrected chi connectivity index (χ0v) is 13.5. The minimum atomic E-state index is -4.68. The molecule has 0 bridgehead atoms. The van der Waals surface area contributed by atoms with Crippen LogP contribution in [0, 0.1) is 0 Å². The highest BCUT2D eigenvalue weighted by atomic mass is 79.9. The molecule has 0 aliphatic carbocycles. The van der Waals surface area contributed by atoms with Crippen molar-refractivity contribution in [3.63, 3.8) is 0 Å². The first-order valence-corrected chi connectivity index (χ1v) is 7.84. The fourth-order valence-electron chi connectivity index (χ4n) is 1.96. The summed E-state index contributed by atoms with van der Waals surface area (Å²) in [6, 6.07) is 9.75. The summed E-state index contributed by atoms with van der Waals surface area (Å²) in [6.07, 6.45) is -4.68. The van der Waals surface area contributed by atoms with E-state index in [0.29, 0.717) is 6.54 Å². The maximum absolute atomic E-state index is 12.3. The van der Waals surface area contributed by atoms with E-state index >= 15 is 0 Å². The second kappa shape index (κ2) is 6.81. The first kappa shape index (κ1) is 16.3. The van der Waals surface area contributed by atoms with Gasteiger partial charge in [0.05, 0.1) is 9.83 Å². The standard InChI is InChI=1S/C14H13BrF3NOS/c1-2-19-13(11-6-7-12(15)21-11)9-4-3-5-10(8-9)20-14(16,17)18/h3-8,13,19H,2H2,1H3. The van der Waals surface area contributed by atoms with Crippen molar-refractivity contribution < 1.29 is 17.9 Å². The van der Waals surface area contributed by atoms with E-state index in [9.17, 15) is 13.2 Å². The average Bonchev–Trinajstić information content (AvgIpc) is 2.80. The number of hydrogen-bond acceptors (Lipinski definition) is 3. The van der Waals surface area contributed by atoms with Gasteiger partial charge in [-0.25, -0.2) is 0 Å². The van der Waals surface area contributed by atoms with Crippen molar-refractivity contribution in [2.75, 3.05) is 6.54 Å². The summed E-state index contributed by atoms with van der Waals surface area (Å²) in [7, 11) is 0. The summed E-state index contributed by atoms with van der Waals surface area (Å²) in [4.78, 5) is 1.02. The van der Waals surface area contributed by atoms with Gasteiger partial charge in [0.2, 0.25) is 0 Å². The molecule has 1 aromatic heterocycles. The smallest absolute Gasteiger partial charge is 0.406 e. The minimum absolute atomic E-state index is 0.164. The summed E-state index contributed by atoms with van der Waals surface area (Å²) in [6.45, 7) is 2.65. The van der Waals surface area contributed by atoms with Crippen molar-refractivity contribution in [2.24, 2.45) is 0 Å². The van der Waals surface area contributed by atoms with E-state index in [1.807, 2.05) is 19.1 Å². The summed E-state index contributed by atoms with van der Waals surface area (Å²) in [5.41, 5.74) is 0.730. The molecule has 0 amide bonds. The van der Waals surface area contributed by atoms with Gasteiger partial charge in [0, 0.05) is 4.88 Å². The molecule has 1 unspecified atom stereocenters. The van der Waals surface area contributed by atoms with Gasteiger partial charge < -0.3 is 10.1 Å². The lowest BCUT2D eigenvalue weighted by molar-refractivity contribution is -0.274. The molecule has 21 heavy (non-hydrogen) atoms. The van der Waals surface area contributed by atoms with Crippen molar-refractivity contribution >= 4 is 27.3 Å². The van der Waals surface area contributed by atoms with Crippen LogP contribution in [0.1, 0.15) is 23.4 Å². The monoisotopic (exact) mass is 379 g/mol. The van der Waals surface area contributed by atoms with Crippen molar-refractivity contribution in [3.05, 3.63) is 50.6 Å². The Kier molecular flexibility index (Phi) is 5.29. The van der Waals surface area contributed by atoms with Gasteiger partial charge in [-0.15, -0.1) is 24.5 Å². The number of ether oxygens (including phenoxy) is 1. The van der Waals surface area contributed by atoms with E-state index in [0.717, 1.165) is 14.2 Å². The Balaban J connectivity index is 2.30. The molecule has 0 saturated carbocycles. The predicted octanol–water partition coefficient (Wildman–Crippen LogP) is 5.11. The van der Waals surface area contributed by atoms with E-state index in [2.05, 4.69) is 26.0 Å². The van der Waals surface area contributed by atoms with Crippen LogP contribution in [0.15, 0.2) is 40.2 Å². The second-order valence-electron chi connectivity index (χ2n) is 4.25. The quantitative estimate of drug-likeness (QED) is 0.779. The van der Waals surface area contributed by atoms with Crippen LogP contribution in [0.4, 0.5) is 13.2 Å². The summed E-state index contributed by atoms with van der Waals surface area (Å²) >= 11 is 4.94. The lowest BCUT2D eigenvalue weighted by Crippen LogP contribution is -2.21. The maximum Gasteiger partial charge on any atom is 0.573 e. The minimum Gasteiger partial charge on any atom is -0.406 e. The fraction of sp³-hybridized carbons (Fsp3) is 0.286. The normalized spacial score (nSPS) is 13.2. The summed E-state index contributed by atoms with van der Waals surface area (Å²) < 4.78 is 41.9. The molecule has 0 radical (unpaired) electrons. The number of halogens is 4. The Morgan fingerprint density at radius 3 is 2.62 bits per heavy atom. The topological polar surface area (TPSA) is 21.3 Å². The molecule has 0 saturated heterocycles. The molecule has 2 aromatic rings. The van der Waals surface area contributed by atoms with Gasteiger partial charge in [-0.1, -0.05) is 19.1 Å². The molecule has 1 atom stereocenters. The fourth-order valence-corrected chi connectivity index (χ4v) is 3.49. The molecule has 0 fully saturated rings. The molecule has 114 valence electrons. The van der Waals surface area contributed by atoms with Crippen LogP contribution in [0.25, 0.3) is 0 Å². The molecule has 0 aliphatic rings. The molecular formula is C14H13BrF3NOS. The molecular weight excluding hydrogens is 367 g/mol. The largest absolute Gasteiger partial charge is 0.573 e. The second-order valence-corrected chi connectivity index (χ2v) is 6.75. The van der Waals surface area contributed by atoms with Gasteiger partial charge in [-0.3, -0.25) is 0 Å². The molecule has 2 rings (SSSR count). The number of hydrogen-bond donors (Lipinski definition) is 1. The summed E-state index contributed by atoms with van der Waals surface area (Å²) in [5, 5.41) is 3.27. The van der Waals surface area contributed by atoms with Crippen molar-refractivity contribution in [1.82, 2.24) is 5.32 Å². The van der Waals surface area contributed by atoms with Gasteiger partial charge in [0.25, 0.3) is 0 Å². The Labute approximate surface area is 133 Å². The number of thiophene rings is 1. The SMILES string of the molecule is CCNC(c1cccc(OC(F)(F)F)c1)c1ccc(Br)s1. The van der Waals surface area contributed by atoms with Gasteiger partial charge in [0.15, 0.2) is 0 Å². The number of alkyl halides is 3. The molecule has 0 aliphatic heterocycles. The van der Waals surface area contributed by atoms with Crippen LogP contribution in [0.5, 0.6) is 5.75 Å². The Morgan fingerprint density at radius 2 is 2.05 bits per heavy atom. The number of nitrogens with one attached hydrogen (secondary N) is 1. The van der Waals surface area contributed by atoms with Gasteiger partial charge in [0.1, 0.15) is 5.75 Å². The predicted molar refractivity (Wildman–Crippen MR) is 80.7 cm³/mol. The lowest BCUT2D eigenvalue weighted by atomic mass is 10.1. The van der Waals surface area contributed by atoms with Crippen LogP contribution >= 0.6 is 27.3 Å². The molecule has 0 spiro atoms. The number of benzene rings is 1. The van der Waals surface area contributed by atoms with Crippen LogP contribution in [-0.4, -0.2) is 12.9 Å². The highest BCUT2D eigenvalue weighted by Crippen LogP contribution is 2.33. The van der Waals surface area contributed by atoms with Gasteiger partial charge >= 0.3 is 6.36 Å². The van der Waals surface area contributed by atoms with Crippen molar-refractivity contribution in [3.8, 4) is 5.75 Å². The van der Waals surface area contributed by atoms with E-state index in [-0.39, 0.29) is 11.8 Å². The zero-order chi connectivity index (χ0) is 15.5. The molecule has 2 nitrogen and oxygen atoms in total. The van der Waals surface area contributed by atoms with Crippen LogP contribution in [0.2, 0.25) is 0 Å². The summed E-state index contributed by atoms with van der Waals surface area (Å²) in [5.74, 6) is -0.210. The van der Waals surface area contributed by atoms with Crippen LogP contribution in [-0.2, 0) is 0 Å². The third kappa shape index (κ3) is 4.72. The number of rotatable bonds is 5. The molecule has 1 N–H and O–H groups in total. The third-order valence-electron chi connectivity index (χ3n) is 2.71. The lowest BCUT2D eigenvalue weighted by Gasteiger charge is -2.18. The highest BCUT2D eigenvalue weighted by molar-refractivity contribution is 9.11. The van der Waals surface area contributed by atoms with E-state index in [1.165, 1.54) is 12.1 Å². The first-order chi connectivity index (χ1) is 9.89. The van der Waals surface area contributed by atoms with E-state index < -0.39 is 6.36 Å². The average molecular weight is 380 g/mol. The first-order valence-electron chi connectivity index (χ1n) is 6.23. The highest BCUT2D eigenvalue weighted by Gasteiger charge is 2.31. The molecule has 7 heteroatoms. The van der Waals surface area contributed by atoms with Crippen LogP contribution < -0.4 is 10.1 Å². The van der Waals surface area contributed by atoms with Crippen LogP contribution in [0.3, 0.4) is 0 Å².